The minimum Gasteiger partial charge on any atom is -0.481 e. The lowest BCUT2D eigenvalue weighted by Crippen LogP contribution is -2.21. The van der Waals surface area contributed by atoms with E-state index in [9.17, 15) is 4.79 Å². The summed E-state index contributed by atoms with van der Waals surface area (Å²) < 4.78 is 0. The van der Waals surface area contributed by atoms with E-state index in [1.54, 1.807) is 0 Å². The maximum absolute atomic E-state index is 11.1. The Bertz CT molecular complexity index is 598. The van der Waals surface area contributed by atoms with Crippen LogP contribution in [0.4, 0.5) is 0 Å². The summed E-state index contributed by atoms with van der Waals surface area (Å²) in [7, 11) is 0. The monoisotopic (exact) mass is 229 g/mol. The summed E-state index contributed by atoms with van der Waals surface area (Å²) in [6.45, 7) is 2.07. The van der Waals surface area contributed by atoms with Gasteiger partial charge in [-0.2, -0.15) is 0 Å². The summed E-state index contributed by atoms with van der Waals surface area (Å²) >= 11 is 0. The Balaban J connectivity index is 2.13. The molecule has 0 saturated carbocycles. The van der Waals surface area contributed by atoms with Crippen molar-refractivity contribution in [2.24, 2.45) is 5.92 Å². The Morgan fingerprint density at radius 3 is 3.06 bits per heavy atom. The Labute approximate surface area is 99.5 Å². The van der Waals surface area contributed by atoms with Crippen molar-refractivity contribution in [2.75, 3.05) is 0 Å². The van der Waals surface area contributed by atoms with Crippen LogP contribution in [0.3, 0.4) is 0 Å². The van der Waals surface area contributed by atoms with Crippen LogP contribution in [-0.2, 0) is 17.6 Å². The fourth-order valence-electron chi connectivity index (χ4n) is 2.74. The van der Waals surface area contributed by atoms with E-state index < -0.39 is 5.97 Å². The maximum Gasteiger partial charge on any atom is 0.306 e. The highest BCUT2D eigenvalue weighted by Gasteiger charge is 2.26. The van der Waals surface area contributed by atoms with Gasteiger partial charge in [0, 0.05) is 16.6 Å². The summed E-state index contributed by atoms with van der Waals surface area (Å²) in [4.78, 5) is 14.5. The first-order chi connectivity index (χ1) is 8.15. The zero-order valence-corrected chi connectivity index (χ0v) is 9.79. The van der Waals surface area contributed by atoms with Gasteiger partial charge in [-0.15, -0.1) is 0 Å². The molecule has 17 heavy (non-hydrogen) atoms. The van der Waals surface area contributed by atoms with Gasteiger partial charge in [-0.25, -0.2) is 0 Å². The highest BCUT2D eigenvalue weighted by Crippen LogP contribution is 2.32. The number of H-pyrrole nitrogens is 1. The first-order valence-electron chi connectivity index (χ1n) is 5.98. The van der Waals surface area contributed by atoms with Crippen LogP contribution >= 0.6 is 0 Å². The number of benzene rings is 1. The molecule has 1 heterocycles. The number of fused-ring (bicyclic) bond motifs is 3. The third-order valence-electron chi connectivity index (χ3n) is 3.69. The van der Waals surface area contributed by atoms with E-state index in [-0.39, 0.29) is 5.92 Å². The molecule has 1 unspecified atom stereocenters. The predicted molar refractivity (Wildman–Crippen MR) is 66.2 cm³/mol. The molecule has 1 aliphatic rings. The van der Waals surface area contributed by atoms with E-state index in [0.29, 0.717) is 6.42 Å². The van der Waals surface area contributed by atoms with Gasteiger partial charge in [-0.3, -0.25) is 4.79 Å². The average molecular weight is 229 g/mol. The molecule has 1 aliphatic carbocycles. The third kappa shape index (κ3) is 1.62. The minimum atomic E-state index is -0.669. The number of rotatable bonds is 1. The SMILES string of the molecule is Cc1ccc2[nH]c3c(c2c1)CC(C(=O)O)CC3. The second-order valence-corrected chi connectivity index (χ2v) is 4.91. The zero-order chi connectivity index (χ0) is 12.0. The molecule has 0 radical (unpaired) electrons. The molecule has 1 aromatic heterocycles. The average Bonchev–Trinajstić information content (AvgIpc) is 2.66. The number of hydrogen-bond donors (Lipinski definition) is 2. The smallest absolute Gasteiger partial charge is 0.306 e. The molecule has 0 spiro atoms. The molecule has 88 valence electrons. The van der Waals surface area contributed by atoms with Gasteiger partial charge in [0.25, 0.3) is 0 Å². The number of carboxylic acid groups (broad SMARTS) is 1. The van der Waals surface area contributed by atoms with Crippen LogP contribution in [-0.4, -0.2) is 16.1 Å². The summed E-state index contributed by atoms with van der Waals surface area (Å²) in [6, 6.07) is 6.31. The standard InChI is InChI=1S/C14H15NO2/c1-8-2-4-12-10(6-8)11-7-9(14(16)17)3-5-13(11)15-12/h2,4,6,9,15H,3,5,7H2,1H3,(H,16,17). The van der Waals surface area contributed by atoms with E-state index >= 15 is 0 Å². The number of aromatic nitrogens is 1. The van der Waals surface area contributed by atoms with Crippen LogP contribution in [0, 0.1) is 12.8 Å². The maximum atomic E-state index is 11.1. The van der Waals surface area contributed by atoms with Gasteiger partial charge in [-0.1, -0.05) is 11.6 Å². The molecule has 3 rings (SSSR count). The first kappa shape index (κ1) is 10.4. The van der Waals surface area contributed by atoms with Crippen molar-refractivity contribution in [3.05, 3.63) is 35.0 Å². The normalized spacial score (nSPS) is 19.2. The van der Waals surface area contributed by atoms with Crippen LogP contribution in [0.5, 0.6) is 0 Å². The minimum absolute atomic E-state index is 0.220. The molecule has 2 aromatic rings. The molecule has 0 saturated heterocycles. The predicted octanol–water partition coefficient (Wildman–Crippen LogP) is 2.67. The molecule has 0 fully saturated rings. The molecule has 3 heteroatoms. The second-order valence-electron chi connectivity index (χ2n) is 4.91. The van der Waals surface area contributed by atoms with Crippen molar-refractivity contribution in [3.63, 3.8) is 0 Å². The lowest BCUT2D eigenvalue weighted by Gasteiger charge is -2.18. The number of aliphatic carboxylic acids is 1. The van der Waals surface area contributed by atoms with Gasteiger partial charge in [-0.05, 0) is 43.9 Å². The van der Waals surface area contributed by atoms with Gasteiger partial charge >= 0.3 is 5.97 Å². The van der Waals surface area contributed by atoms with E-state index in [4.69, 9.17) is 5.11 Å². The van der Waals surface area contributed by atoms with Crippen LogP contribution in [0.15, 0.2) is 18.2 Å². The van der Waals surface area contributed by atoms with Gasteiger partial charge in [0.2, 0.25) is 0 Å². The Kier molecular flexibility index (Phi) is 2.21. The van der Waals surface area contributed by atoms with Crippen molar-refractivity contribution < 1.29 is 9.90 Å². The Morgan fingerprint density at radius 2 is 2.29 bits per heavy atom. The fourth-order valence-corrected chi connectivity index (χ4v) is 2.74. The van der Waals surface area contributed by atoms with Gasteiger partial charge in [0.1, 0.15) is 0 Å². The van der Waals surface area contributed by atoms with Crippen molar-refractivity contribution >= 4 is 16.9 Å². The summed E-state index contributed by atoms with van der Waals surface area (Å²) in [6.07, 6.45) is 2.25. The topological polar surface area (TPSA) is 53.1 Å². The molecule has 2 N–H and O–H groups in total. The van der Waals surface area contributed by atoms with Crippen molar-refractivity contribution in [3.8, 4) is 0 Å². The van der Waals surface area contributed by atoms with Crippen LogP contribution < -0.4 is 0 Å². The molecular weight excluding hydrogens is 214 g/mol. The molecule has 1 atom stereocenters. The van der Waals surface area contributed by atoms with Crippen LogP contribution in [0.25, 0.3) is 10.9 Å². The molecule has 1 aromatic carbocycles. The van der Waals surface area contributed by atoms with E-state index in [2.05, 4.69) is 30.1 Å². The summed E-state index contributed by atoms with van der Waals surface area (Å²) in [5.74, 6) is -0.889. The number of hydrogen-bond acceptors (Lipinski definition) is 1. The number of aromatic amines is 1. The zero-order valence-electron chi connectivity index (χ0n) is 9.79. The molecule has 0 bridgehead atoms. The number of aryl methyl sites for hydroxylation is 2. The van der Waals surface area contributed by atoms with Crippen molar-refractivity contribution in [2.45, 2.75) is 26.2 Å². The lowest BCUT2D eigenvalue weighted by molar-refractivity contribution is -0.142. The van der Waals surface area contributed by atoms with Gasteiger partial charge in [0.05, 0.1) is 5.92 Å². The van der Waals surface area contributed by atoms with Gasteiger partial charge in [0.15, 0.2) is 0 Å². The van der Waals surface area contributed by atoms with E-state index in [0.717, 1.165) is 18.4 Å². The number of nitrogens with one attached hydrogen (secondary N) is 1. The van der Waals surface area contributed by atoms with E-state index in [1.165, 1.54) is 22.2 Å². The Hall–Kier alpha value is -1.77. The summed E-state index contributed by atoms with van der Waals surface area (Å²) in [5, 5.41) is 10.3. The van der Waals surface area contributed by atoms with Crippen LogP contribution in [0.1, 0.15) is 23.2 Å². The fraction of sp³-hybridized carbons (Fsp3) is 0.357. The van der Waals surface area contributed by atoms with Crippen molar-refractivity contribution in [1.82, 2.24) is 4.98 Å². The highest BCUT2D eigenvalue weighted by molar-refractivity contribution is 5.86. The highest BCUT2D eigenvalue weighted by atomic mass is 16.4. The van der Waals surface area contributed by atoms with Crippen molar-refractivity contribution in [1.29, 1.82) is 0 Å². The molecular formula is C14H15NO2. The van der Waals surface area contributed by atoms with Crippen LogP contribution in [0.2, 0.25) is 0 Å². The van der Waals surface area contributed by atoms with Gasteiger partial charge < -0.3 is 10.1 Å². The summed E-state index contributed by atoms with van der Waals surface area (Å²) in [5.41, 5.74) is 4.79. The molecule has 0 aliphatic heterocycles. The lowest BCUT2D eigenvalue weighted by atomic mass is 9.86. The van der Waals surface area contributed by atoms with E-state index in [1.807, 2.05) is 0 Å². The Morgan fingerprint density at radius 1 is 1.47 bits per heavy atom. The quantitative estimate of drug-likeness (QED) is 0.789. The second kappa shape index (κ2) is 3.62. The third-order valence-corrected chi connectivity index (χ3v) is 3.69. The molecule has 0 amide bonds. The first-order valence-corrected chi connectivity index (χ1v) is 5.98. The number of carboxylic acids is 1. The number of carbonyl (C=O) groups is 1. The molecule has 3 nitrogen and oxygen atoms in total. The largest absolute Gasteiger partial charge is 0.481 e.